The monoisotopic (exact) mass is 387 g/mol. The summed E-state index contributed by atoms with van der Waals surface area (Å²) < 4.78 is 5.55. The molecule has 0 saturated carbocycles. The Labute approximate surface area is 171 Å². The number of alkyl halides is 1. The van der Waals surface area contributed by atoms with Gasteiger partial charge in [-0.1, -0.05) is 84.9 Å². The van der Waals surface area contributed by atoms with Crippen LogP contribution in [-0.2, 0) is 4.87 Å². The van der Waals surface area contributed by atoms with E-state index in [1.54, 1.807) is 19.5 Å². The summed E-state index contributed by atoms with van der Waals surface area (Å²) in [6.45, 7) is 0. The number of hydrogen-bond donors (Lipinski definition) is 0. The molecule has 0 aliphatic carbocycles. The van der Waals surface area contributed by atoms with E-state index in [9.17, 15) is 0 Å². The second-order valence-electron chi connectivity index (χ2n) is 6.12. The maximum atomic E-state index is 7.22. The van der Waals surface area contributed by atoms with E-state index in [0.29, 0.717) is 0 Å². The first kappa shape index (κ1) is 19.7. The zero-order valence-corrected chi connectivity index (χ0v) is 16.5. The van der Waals surface area contributed by atoms with Crippen molar-refractivity contribution in [2.45, 2.75) is 4.87 Å². The van der Waals surface area contributed by atoms with Gasteiger partial charge < -0.3 is 4.74 Å². The van der Waals surface area contributed by atoms with Gasteiger partial charge in [0.05, 0.1) is 7.11 Å². The largest absolute Gasteiger partial charge is 0.496 e. The molecule has 0 spiro atoms. The van der Waals surface area contributed by atoms with E-state index in [4.69, 9.17) is 16.3 Å². The van der Waals surface area contributed by atoms with E-state index < -0.39 is 4.87 Å². The molecular weight excluding hydrogens is 366 g/mol. The van der Waals surface area contributed by atoms with Gasteiger partial charge in [-0.15, -0.1) is 11.6 Å². The summed E-state index contributed by atoms with van der Waals surface area (Å²) >= 11 is 7.22. The smallest absolute Gasteiger partial charge is 0.124 e. The number of methoxy groups -OCH3 is 1. The van der Waals surface area contributed by atoms with Gasteiger partial charge in [-0.25, -0.2) is 0 Å². The Morgan fingerprint density at radius 1 is 0.643 bits per heavy atom. The minimum Gasteiger partial charge on any atom is -0.496 e. The van der Waals surface area contributed by atoms with Crippen LogP contribution in [0.5, 0.6) is 5.75 Å². The van der Waals surface area contributed by atoms with Crippen LogP contribution >= 0.6 is 11.6 Å². The van der Waals surface area contributed by atoms with Crippen molar-refractivity contribution in [2.75, 3.05) is 7.11 Å². The number of ether oxygens (including phenoxy) is 1. The van der Waals surface area contributed by atoms with Crippen LogP contribution in [0.2, 0.25) is 0 Å². The van der Waals surface area contributed by atoms with E-state index >= 15 is 0 Å². The number of hydrogen-bond acceptors (Lipinski definition) is 2. The van der Waals surface area contributed by atoms with Crippen LogP contribution in [0.4, 0.5) is 0 Å². The summed E-state index contributed by atoms with van der Waals surface area (Å²) in [5, 5.41) is 0. The molecule has 4 rings (SSSR count). The molecule has 0 N–H and O–H groups in total. The molecule has 140 valence electrons. The number of halogens is 1. The summed E-state index contributed by atoms with van der Waals surface area (Å²) in [5.41, 5.74) is 2.98. The summed E-state index contributed by atoms with van der Waals surface area (Å²) in [4.78, 5) is 3.00. The molecule has 0 radical (unpaired) electrons. The van der Waals surface area contributed by atoms with Crippen LogP contribution < -0.4 is 4.74 Å². The Morgan fingerprint density at radius 3 is 1.54 bits per heavy atom. The average molecular weight is 388 g/mol. The third-order valence-corrected chi connectivity index (χ3v) is 5.03. The van der Waals surface area contributed by atoms with Crippen LogP contribution in [0, 0.1) is 0 Å². The molecule has 0 saturated heterocycles. The van der Waals surface area contributed by atoms with Crippen molar-refractivity contribution in [2.24, 2.45) is 0 Å². The predicted molar refractivity (Wildman–Crippen MR) is 116 cm³/mol. The van der Waals surface area contributed by atoms with Crippen LogP contribution in [0.15, 0.2) is 116 Å². The Hall–Kier alpha value is -3.10. The lowest BCUT2D eigenvalue weighted by Gasteiger charge is -2.30. The third kappa shape index (κ3) is 4.41. The molecule has 1 heterocycles. The maximum absolute atomic E-state index is 7.22. The van der Waals surface area contributed by atoms with Gasteiger partial charge in [0.2, 0.25) is 0 Å². The Balaban J connectivity index is 0.000000320. The molecule has 0 bridgehead atoms. The highest BCUT2D eigenvalue weighted by Crippen LogP contribution is 2.46. The molecule has 4 aromatic rings. The first-order valence-corrected chi connectivity index (χ1v) is 9.43. The molecule has 0 aliphatic heterocycles. The van der Waals surface area contributed by atoms with E-state index in [-0.39, 0.29) is 0 Å². The first-order valence-electron chi connectivity index (χ1n) is 9.05. The van der Waals surface area contributed by atoms with Gasteiger partial charge in [0, 0.05) is 18.0 Å². The minimum absolute atomic E-state index is 0.783. The molecule has 0 aliphatic rings. The van der Waals surface area contributed by atoms with Gasteiger partial charge in [-0.3, -0.25) is 4.98 Å². The Morgan fingerprint density at radius 2 is 1.11 bits per heavy atom. The molecule has 28 heavy (non-hydrogen) atoms. The summed E-state index contributed by atoms with van der Waals surface area (Å²) in [7, 11) is 1.67. The van der Waals surface area contributed by atoms with Gasteiger partial charge >= 0.3 is 0 Å². The number of nitrogens with zero attached hydrogens (tertiary/aromatic N) is 1. The molecule has 0 amide bonds. The number of para-hydroxylation sites is 1. The topological polar surface area (TPSA) is 22.1 Å². The SMILES string of the molecule is COc1ccccc1C(Cl)(c1ccccc1)c1ccccc1.c1ccncc1. The molecule has 1 aromatic heterocycles. The van der Waals surface area contributed by atoms with Crippen molar-refractivity contribution in [1.29, 1.82) is 0 Å². The molecular formula is C25H22ClNO. The summed E-state index contributed by atoms with van der Waals surface area (Å²) in [5.74, 6) is 0.783. The fraction of sp³-hybridized carbons (Fsp3) is 0.0800. The fourth-order valence-electron chi connectivity index (χ4n) is 3.06. The van der Waals surface area contributed by atoms with Gasteiger partial charge in [0.25, 0.3) is 0 Å². The van der Waals surface area contributed by atoms with Crippen molar-refractivity contribution < 1.29 is 4.74 Å². The van der Waals surface area contributed by atoms with Crippen molar-refractivity contribution in [3.63, 3.8) is 0 Å². The lowest BCUT2D eigenvalue weighted by molar-refractivity contribution is 0.407. The zero-order chi connectivity index (χ0) is 19.7. The fourth-order valence-corrected chi connectivity index (χ4v) is 3.46. The van der Waals surface area contributed by atoms with E-state index in [1.165, 1.54) is 0 Å². The molecule has 3 heteroatoms. The van der Waals surface area contributed by atoms with Gasteiger partial charge in [0.15, 0.2) is 0 Å². The van der Waals surface area contributed by atoms with Gasteiger partial charge in [0.1, 0.15) is 10.6 Å². The Kier molecular flexibility index (Phi) is 6.83. The highest BCUT2D eigenvalue weighted by Gasteiger charge is 2.36. The predicted octanol–water partition coefficient (Wildman–Crippen LogP) is 6.31. The number of pyridine rings is 1. The van der Waals surface area contributed by atoms with Crippen molar-refractivity contribution in [1.82, 2.24) is 4.98 Å². The molecule has 0 atom stereocenters. The lowest BCUT2D eigenvalue weighted by atomic mass is 9.83. The van der Waals surface area contributed by atoms with Crippen molar-refractivity contribution >= 4 is 11.6 Å². The van der Waals surface area contributed by atoms with E-state index in [1.807, 2.05) is 103 Å². The molecule has 0 unspecified atom stereocenters. The highest BCUT2D eigenvalue weighted by atomic mass is 35.5. The first-order chi connectivity index (χ1) is 13.8. The van der Waals surface area contributed by atoms with Crippen molar-refractivity contribution in [3.8, 4) is 5.75 Å². The second kappa shape index (κ2) is 9.72. The molecule has 0 fully saturated rings. The number of rotatable bonds is 4. The normalized spacial score (nSPS) is 10.5. The van der Waals surface area contributed by atoms with Crippen LogP contribution in [0.1, 0.15) is 16.7 Å². The van der Waals surface area contributed by atoms with E-state index in [0.717, 1.165) is 22.4 Å². The number of benzene rings is 3. The highest BCUT2D eigenvalue weighted by molar-refractivity contribution is 6.28. The Bertz CT molecular complexity index is 893. The number of aromatic nitrogens is 1. The molecule has 2 nitrogen and oxygen atoms in total. The molecule has 3 aromatic carbocycles. The third-order valence-electron chi connectivity index (χ3n) is 4.39. The minimum atomic E-state index is -0.783. The standard InChI is InChI=1S/C20H17ClO.C5H5N/c1-22-19-15-9-8-14-18(19)20(21,16-10-4-2-5-11-16)17-12-6-3-7-13-17;1-2-4-6-5-3-1/h2-15H,1H3;1-5H. The van der Waals surface area contributed by atoms with Crippen LogP contribution in [-0.4, -0.2) is 12.1 Å². The maximum Gasteiger partial charge on any atom is 0.124 e. The summed E-state index contributed by atoms with van der Waals surface area (Å²) in [6.07, 6.45) is 3.50. The summed E-state index contributed by atoms with van der Waals surface area (Å²) in [6, 6.07) is 33.8. The van der Waals surface area contributed by atoms with Crippen LogP contribution in [0.3, 0.4) is 0 Å². The van der Waals surface area contributed by atoms with Crippen LogP contribution in [0.25, 0.3) is 0 Å². The average Bonchev–Trinajstić information content (AvgIpc) is 2.81. The van der Waals surface area contributed by atoms with Crippen molar-refractivity contribution in [3.05, 3.63) is 132 Å². The second-order valence-corrected chi connectivity index (χ2v) is 6.68. The quantitative estimate of drug-likeness (QED) is 0.302. The van der Waals surface area contributed by atoms with E-state index in [2.05, 4.69) is 4.98 Å². The van der Waals surface area contributed by atoms with Gasteiger partial charge in [-0.2, -0.15) is 0 Å². The van der Waals surface area contributed by atoms with Gasteiger partial charge in [-0.05, 0) is 29.3 Å². The zero-order valence-electron chi connectivity index (χ0n) is 15.7. The lowest BCUT2D eigenvalue weighted by Crippen LogP contribution is -2.23.